The molecule has 7 nitrogen and oxygen atoms in total. The number of carbonyl (C=O) groups excluding carboxylic acids is 1. The number of amides is 1. The highest BCUT2D eigenvalue weighted by Crippen LogP contribution is 2.45. The minimum atomic E-state index is -3.77. The van der Waals surface area contributed by atoms with Crippen molar-refractivity contribution in [3.63, 3.8) is 0 Å². The van der Waals surface area contributed by atoms with Crippen molar-refractivity contribution in [1.29, 1.82) is 0 Å². The summed E-state index contributed by atoms with van der Waals surface area (Å²) in [7, 11) is 0. The molecule has 2 aliphatic heterocycles. The maximum atomic E-state index is 13.4. The normalized spacial score (nSPS) is 30.3. The molecule has 1 saturated heterocycles. The van der Waals surface area contributed by atoms with Gasteiger partial charge in [0.25, 0.3) is 5.91 Å². The number of hydrogen-bond donors (Lipinski definition) is 1. The van der Waals surface area contributed by atoms with Gasteiger partial charge < -0.3 is 19.5 Å². The van der Waals surface area contributed by atoms with Crippen LogP contribution in [-0.2, 0) is 0 Å². The number of benzene rings is 1. The third kappa shape index (κ3) is 2.81. The van der Waals surface area contributed by atoms with E-state index < -0.39 is 12.4 Å². The van der Waals surface area contributed by atoms with Crippen LogP contribution in [0.5, 0.6) is 11.5 Å². The van der Waals surface area contributed by atoms with Gasteiger partial charge in [-0.2, -0.15) is 5.10 Å². The van der Waals surface area contributed by atoms with Crippen LogP contribution >= 0.6 is 0 Å². The van der Waals surface area contributed by atoms with E-state index in [0.717, 1.165) is 0 Å². The summed E-state index contributed by atoms with van der Waals surface area (Å²) in [4.78, 5) is 14.7. The van der Waals surface area contributed by atoms with Crippen molar-refractivity contribution in [1.82, 2.24) is 14.7 Å². The summed E-state index contributed by atoms with van der Waals surface area (Å²) in [5.41, 5.74) is 0.0671. The number of nitrogens with zero attached hydrogens (tertiary/aromatic N) is 3. The lowest BCUT2D eigenvalue weighted by Gasteiger charge is -2.35. The van der Waals surface area contributed by atoms with Crippen molar-refractivity contribution in [3.8, 4) is 11.5 Å². The largest absolute Gasteiger partial charge is 0.586 e. The molecule has 3 aliphatic rings. The van der Waals surface area contributed by atoms with Crippen LogP contribution in [0.2, 0.25) is 0 Å². The Balaban J connectivity index is 1.35. The van der Waals surface area contributed by atoms with E-state index in [1.165, 1.54) is 18.2 Å². The lowest BCUT2D eigenvalue weighted by Crippen LogP contribution is -2.36. The number of hydrogen-bond acceptors (Lipinski definition) is 5. The summed E-state index contributed by atoms with van der Waals surface area (Å²) in [6, 6.07) is 6.01. The first-order valence-electron chi connectivity index (χ1n) is 9.26. The van der Waals surface area contributed by atoms with Gasteiger partial charge in [-0.25, -0.2) is 0 Å². The topological polar surface area (TPSA) is 76.8 Å². The van der Waals surface area contributed by atoms with E-state index in [1.54, 1.807) is 15.8 Å². The summed E-state index contributed by atoms with van der Waals surface area (Å²) in [6.45, 7) is 0.988. The first kappa shape index (κ1) is 17.4. The second-order valence-corrected chi connectivity index (χ2v) is 7.62. The number of para-hydroxylation sites is 1. The Morgan fingerprint density at radius 3 is 2.71 bits per heavy atom. The molecule has 28 heavy (non-hydrogen) atoms. The number of ether oxygens (including phenoxy) is 2. The number of aromatic nitrogens is 2. The van der Waals surface area contributed by atoms with Crippen molar-refractivity contribution < 1.29 is 28.2 Å². The van der Waals surface area contributed by atoms with Gasteiger partial charge in [-0.05, 0) is 42.9 Å². The Labute approximate surface area is 159 Å². The van der Waals surface area contributed by atoms with Crippen LogP contribution in [0.15, 0.2) is 36.7 Å². The van der Waals surface area contributed by atoms with Crippen LogP contribution in [0.1, 0.15) is 29.2 Å². The number of alkyl halides is 2. The molecule has 3 heterocycles. The van der Waals surface area contributed by atoms with Crippen LogP contribution in [0.4, 0.5) is 8.78 Å². The molecule has 1 aliphatic carbocycles. The molecular formula is C19H19F2N3O4. The quantitative estimate of drug-likeness (QED) is 0.850. The summed E-state index contributed by atoms with van der Waals surface area (Å²) in [5.74, 6) is -0.334. The summed E-state index contributed by atoms with van der Waals surface area (Å²) in [6.07, 6.45) is 0.491. The molecule has 4 atom stereocenters. The maximum absolute atomic E-state index is 13.4. The fraction of sp³-hybridized carbons (Fsp3) is 0.474. The van der Waals surface area contributed by atoms with Gasteiger partial charge in [-0.1, -0.05) is 6.07 Å². The van der Waals surface area contributed by atoms with Crippen LogP contribution < -0.4 is 9.47 Å². The Bertz CT molecular complexity index is 905. The van der Waals surface area contributed by atoms with E-state index in [-0.39, 0.29) is 40.8 Å². The molecule has 2 aromatic rings. The average molecular weight is 391 g/mol. The highest BCUT2D eigenvalue weighted by molar-refractivity contribution is 5.98. The van der Waals surface area contributed by atoms with Crippen LogP contribution in [0, 0.1) is 11.8 Å². The smallest absolute Gasteiger partial charge is 0.395 e. The molecule has 0 spiro atoms. The predicted octanol–water partition coefficient (Wildman–Crippen LogP) is 2.29. The summed E-state index contributed by atoms with van der Waals surface area (Å²) in [5, 5.41) is 14.8. The van der Waals surface area contributed by atoms with Gasteiger partial charge in [0.1, 0.15) is 0 Å². The number of halogens is 2. The highest BCUT2D eigenvalue weighted by atomic mass is 19.3. The van der Waals surface area contributed by atoms with E-state index in [9.17, 15) is 18.7 Å². The first-order chi connectivity index (χ1) is 13.4. The number of aliphatic hydroxyl groups is 1. The number of likely N-dealkylation sites (tertiary alicyclic amines) is 1. The van der Waals surface area contributed by atoms with Gasteiger partial charge in [-0.15, -0.1) is 8.78 Å². The third-order valence-electron chi connectivity index (χ3n) is 5.92. The van der Waals surface area contributed by atoms with Crippen molar-refractivity contribution in [3.05, 3.63) is 42.2 Å². The SMILES string of the molecule is O=C(c1cccc2c1OC(F)(F)O2)N1C[C@H]2C[C@@H](n3cccn3)[C@H](O)C[C@H]2C1. The molecule has 1 N–H and O–H groups in total. The fourth-order valence-corrected chi connectivity index (χ4v) is 4.64. The Kier molecular flexibility index (Phi) is 3.84. The van der Waals surface area contributed by atoms with Gasteiger partial charge in [0.2, 0.25) is 0 Å². The van der Waals surface area contributed by atoms with Crippen molar-refractivity contribution >= 4 is 5.91 Å². The zero-order valence-corrected chi connectivity index (χ0v) is 14.9. The van der Waals surface area contributed by atoms with Gasteiger partial charge in [-0.3, -0.25) is 9.48 Å². The predicted molar refractivity (Wildman–Crippen MR) is 92.0 cm³/mol. The molecule has 2 fully saturated rings. The molecular weight excluding hydrogens is 372 g/mol. The second kappa shape index (κ2) is 6.16. The van der Waals surface area contributed by atoms with Crippen molar-refractivity contribution in [2.75, 3.05) is 13.1 Å². The molecule has 0 radical (unpaired) electrons. The lowest BCUT2D eigenvalue weighted by molar-refractivity contribution is -0.286. The molecule has 0 bridgehead atoms. The highest BCUT2D eigenvalue weighted by Gasteiger charge is 2.47. The first-order valence-corrected chi connectivity index (χ1v) is 9.26. The second-order valence-electron chi connectivity index (χ2n) is 7.62. The molecule has 148 valence electrons. The lowest BCUT2D eigenvalue weighted by atomic mass is 9.77. The van der Waals surface area contributed by atoms with Crippen LogP contribution in [0.3, 0.4) is 0 Å². The van der Waals surface area contributed by atoms with Gasteiger partial charge in [0.15, 0.2) is 11.5 Å². The number of fused-ring (bicyclic) bond motifs is 2. The van der Waals surface area contributed by atoms with E-state index in [0.29, 0.717) is 25.9 Å². The standard InChI is InChI=1S/C19H19F2N3O4/c20-19(21)27-16-4-1-3-13(17(16)28-19)18(26)23-9-11-7-14(24-6-2-5-22-24)15(25)8-12(11)10-23/h1-6,11-12,14-15,25H,7-10H2/t11-,12+,14-,15-/m1/s1. The Hall–Kier alpha value is -2.68. The monoisotopic (exact) mass is 391 g/mol. The number of rotatable bonds is 2. The molecule has 1 saturated carbocycles. The summed E-state index contributed by atoms with van der Waals surface area (Å²) >= 11 is 0. The number of aliphatic hydroxyl groups excluding tert-OH is 1. The zero-order chi connectivity index (χ0) is 19.5. The van der Waals surface area contributed by atoms with E-state index in [1.807, 2.05) is 12.3 Å². The van der Waals surface area contributed by atoms with Gasteiger partial charge >= 0.3 is 6.29 Å². The zero-order valence-electron chi connectivity index (χ0n) is 14.9. The number of carbonyl (C=O) groups is 1. The molecule has 1 aromatic heterocycles. The van der Waals surface area contributed by atoms with Gasteiger partial charge in [0, 0.05) is 25.5 Å². The molecule has 1 aromatic carbocycles. The minimum Gasteiger partial charge on any atom is -0.395 e. The van der Waals surface area contributed by atoms with E-state index in [2.05, 4.69) is 14.6 Å². The Morgan fingerprint density at radius 2 is 1.96 bits per heavy atom. The van der Waals surface area contributed by atoms with Crippen LogP contribution in [-0.4, -0.2) is 51.2 Å². The molecule has 9 heteroatoms. The molecule has 0 unspecified atom stereocenters. The summed E-state index contributed by atoms with van der Waals surface area (Å²) < 4.78 is 37.6. The average Bonchev–Trinajstić information content (AvgIpc) is 3.36. The van der Waals surface area contributed by atoms with Crippen molar-refractivity contribution in [2.24, 2.45) is 11.8 Å². The fourth-order valence-electron chi connectivity index (χ4n) is 4.64. The van der Waals surface area contributed by atoms with Crippen LogP contribution in [0.25, 0.3) is 0 Å². The van der Waals surface area contributed by atoms with E-state index in [4.69, 9.17) is 0 Å². The molecule has 5 rings (SSSR count). The van der Waals surface area contributed by atoms with Crippen molar-refractivity contribution in [2.45, 2.75) is 31.3 Å². The van der Waals surface area contributed by atoms with Gasteiger partial charge in [0.05, 0.1) is 17.7 Å². The Morgan fingerprint density at radius 1 is 1.18 bits per heavy atom. The van der Waals surface area contributed by atoms with E-state index >= 15 is 0 Å². The molecule has 1 amide bonds. The maximum Gasteiger partial charge on any atom is 0.586 e. The third-order valence-corrected chi connectivity index (χ3v) is 5.92. The minimum absolute atomic E-state index is 0.0671.